The number of rotatable bonds is 0. The molecule has 0 rings (SSSR count). The summed E-state index contributed by atoms with van der Waals surface area (Å²) < 4.78 is 0. The van der Waals surface area contributed by atoms with Crippen LogP contribution in [0.1, 0.15) is 6.92 Å². The molecule has 4 heavy (non-hydrogen) atoms. The van der Waals surface area contributed by atoms with Gasteiger partial charge < -0.3 is 4.79 Å². The standard InChI is InChI=1S/C2H4O.GeH4/c1-2-3;/h2H,1H3;1H4. The van der Waals surface area contributed by atoms with Crippen molar-refractivity contribution in [3.8, 4) is 0 Å². The number of carbonyl (C=O) groups excluding carboxylic acids is 1. The van der Waals surface area contributed by atoms with Gasteiger partial charge in [0.25, 0.3) is 0 Å². The molecule has 0 fully saturated rings. The van der Waals surface area contributed by atoms with Crippen molar-refractivity contribution < 1.29 is 4.79 Å². The molecular formula is C2H8GeO. The Hall–Kier alpha value is 0.213. The van der Waals surface area contributed by atoms with Gasteiger partial charge in [-0.05, 0) is 6.92 Å². The first kappa shape index (κ1) is 8.88. The fourth-order valence-electron chi connectivity index (χ4n) is 0. The van der Waals surface area contributed by atoms with Crippen LogP contribution in [0.5, 0.6) is 0 Å². The third-order valence-corrected chi connectivity index (χ3v) is 0. The second-order valence-corrected chi connectivity index (χ2v) is 0.236. The zero-order valence-electron chi connectivity index (χ0n) is 1.99. The fraction of sp³-hybridized carbons (Fsp3) is 0.500. The van der Waals surface area contributed by atoms with Crippen molar-refractivity contribution in [1.82, 2.24) is 0 Å². The summed E-state index contributed by atoms with van der Waals surface area (Å²) in [5, 5.41) is 0. The van der Waals surface area contributed by atoms with Crippen LogP contribution in [-0.2, 0) is 4.79 Å². The van der Waals surface area contributed by atoms with Crippen LogP contribution >= 0.6 is 0 Å². The molecule has 2 heteroatoms. The van der Waals surface area contributed by atoms with Crippen molar-refractivity contribution in [3.05, 3.63) is 0 Å². The van der Waals surface area contributed by atoms with Crippen molar-refractivity contribution in [2.75, 3.05) is 0 Å². The van der Waals surface area contributed by atoms with Gasteiger partial charge in [0, 0.05) is 0 Å². The summed E-state index contributed by atoms with van der Waals surface area (Å²) in [5.41, 5.74) is 0. The first-order valence-electron chi connectivity index (χ1n) is 0.813. The van der Waals surface area contributed by atoms with E-state index in [1.54, 1.807) is 0 Å². The van der Waals surface area contributed by atoms with Crippen LogP contribution in [0.3, 0.4) is 0 Å². The molecule has 0 atom stereocenters. The summed E-state index contributed by atoms with van der Waals surface area (Å²) in [6.45, 7) is 1.44. The van der Waals surface area contributed by atoms with Gasteiger partial charge in [0.05, 0.1) is 0 Å². The Morgan fingerprint density at radius 2 is 1.75 bits per heavy atom. The molecule has 0 saturated heterocycles. The molecule has 0 aromatic heterocycles. The Bertz CT molecular complexity index is 13.5. The van der Waals surface area contributed by atoms with Crippen LogP contribution in [0.2, 0.25) is 0 Å². The summed E-state index contributed by atoms with van der Waals surface area (Å²) in [7, 11) is 0. The van der Waals surface area contributed by atoms with E-state index in [1.807, 2.05) is 0 Å². The van der Waals surface area contributed by atoms with Crippen molar-refractivity contribution in [2.45, 2.75) is 6.92 Å². The zero-order chi connectivity index (χ0) is 2.71. The zero-order valence-corrected chi connectivity index (χ0v) is 1.99. The summed E-state index contributed by atoms with van der Waals surface area (Å²) in [6.07, 6.45) is 0.750. The van der Waals surface area contributed by atoms with Crippen LogP contribution < -0.4 is 0 Å². The minimum atomic E-state index is 0. The van der Waals surface area contributed by atoms with Gasteiger partial charge in [-0.2, -0.15) is 0 Å². The number of hydrogen-bond acceptors (Lipinski definition) is 1. The maximum atomic E-state index is 8.81. The first-order valence-corrected chi connectivity index (χ1v) is 0.813. The van der Waals surface area contributed by atoms with Crippen LogP contribution in [0.15, 0.2) is 0 Å². The average Bonchev–Trinajstić information content (AvgIpc) is 0.918. The van der Waals surface area contributed by atoms with Crippen LogP contribution in [-0.4, -0.2) is 23.9 Å². The van der Waals surface area contributed by atoms with Crippen LogP contribution in [0.4, 0.5) is 0 Å². The third-order valence-electron chi connectivity index (χ3n) is 0. The van der Waals surface area contributed by atoms with Crippen LogP contribution in [0, 0.1) is 0 Å². The molecule has 0 spiro atoms. The Morgan fingerprint density at radius 1 is 1.75 bits per heavy atom. The molecule has 0 unspecified atom stereocenters. The van der Waals surface area contributed by atoms with E-state index in [0.717, 1.165) is 6.29 Å². The molecule has 0 aliphatic heterocycles. The van der Waals surface area contributed by atoms with Gasteiger partial charge in [-0.15, -0.1) is 0 Å². The van der Waals surface area contributed by atoms with E-state index in [4.69, 9.17) is 4.79 Å². The van der Waals surface area contributed by atoms with E-state index in [1.165, 1.54) is 6.92 Å². The predicted molar refractivity (Wildman–Crippen MR) is 23.1 cm³/mol. The van der Waals surface area contributed by atoms with E-state index < -0.39 is 0 Å². The van der Waals surface area contributed by atoms with Crippen LogP contribution in [0.25, 0.3) is 0 Å². The predicted octanol–water partition coefficient (Wildman–Crippen LogP) is -1.25. The molecule has 0 heterocycles. The molecule has 0 bridgehead atoms. The number of hydrogen-bond donors (Lipinski definition) is 0. The SMILES string of the molecule is CC=O.[GeH4]. The van der Waals surface area contributed by atoms with E-state index in [-0.39, 0.29) is 17.6 Å². The average molecular weight is 121 g/mol. The van der Waals surface area contributed by atoms with E-state index in [9.17, 15) is 0 Å². The van der Waals surface area contributed by atoms with Gasteiger partial charge in [-0.1, -0.05) is 0 Å². The van der Waals surface area contributed by atoms with Gasteiger partial charge in [0.2, 0.25) is 0 Å². The molecule has 0 saturated carbocycles. The molecule has 0 aliphatic carbocycles. The molecule has 0 aliphatic rings. The molecule has 0 amide bonds. The summed E-state index contributed by atoms with van der Waals surface area (Å²) in [4.78, 5) is 8.81. The molecular weight excluding hydrogens is 113 g/mol. The molecule has 0 radical (unpaired) electrons. The molecule has 1 nitrogen and oxygen atoms in total. The van der Waals surface area contributed by atoms with Crippen molar-refractivity contribution >= 4 is 23.9 Å². The van der Waals surface area contributed by atoms with Gasteiger partial charge in [-0.3, -0.25) is 0 Å². The van der Waals surface area contributed by atoms with Crippen molar-refractivity contribution in [3.63, 3.8) is 0 Å². The summed E-state index contributed by atoms with van der Waals surface area (Å²) >= 11 is 0. The Morgan fingerprint density at radius 3 is 1.75 bits per heavy atom. The molecule has 0 aromatic carbocycles. The monoisotopic (exact) mass is 122 g/mol. The second-order valence-electron chi connectivity index (χ2n) is 0.236. The van der Waals surface area contributed by atoms with E-state index >= 15 is 0 Å². The Kier molecular flexibility index (Phi) is 23.7. The molecule has 0 aromatic rings. The first-order chi connectivity index (χ1) is 1.41. The number of carbonyl (C=O) groups is 1. The number of aldehydes is 1. The molecule has 26 valence electrons. The second kappa shape index (κ2) is 10.7. The van der Waals surface area contributed by atoms with Gasteiger partial charge in [0.15, 0.2) is 0 Å². The van der Waals surface area contributed by atoms with Gasteiger partial charge in [-0.25, -0.2) is 0 Å². The van der Waals surface area contributed by atoms with E-state index in [0.29, 0.717) is 0 Å². The molecule has 0 N–H and O–H groups in total. The van der Waals surface area contributed by atoms with Crippen molar-refractivity contribution in [2.24, 2.45) is 0 Å². The Labute approximate surface area is 36.4 Å². The fourth-order valence-corrected chi connectivity index (χ4v) is 0. The Balaban J connectivity index is 0. The van der Waals surface area contributed by atoms with Gasteiger partial charge in [0.1, 0.15) is 6.29 Å². The third kappa shape index (κ3) is 71.8. The topological polar surface area (TPSA) is 17.1 Å². The van der Waals surface area contributed by atoms with Gasteiger partial charge >= 0.3 is 17.6 Å². The van der Waals surface area contributed by atoms with E-state index in [2.05, 4.69) is 0 Å². The minimum absolute atomic E-state index is 0. The maximum absolute atomic E-state index is 8.81. The summed E-state index contributed by atoms with van der Waals surface area (Å²) in [5.74, 6) is 0. The quantitative estimate of drug-likeness (QED) is 0.289. The van der Waals surface area contributed by atoms with Crippen molar-refractivity contribution in [1.29, 1.82) is 0 Å². The summed E-state index contributed by atoms with van der Waals surface area (Å²) in [6, 6.07) is 0. The normalized spacial score (nSPS) is 3.25.